The highest BCUT2D eigenvalue weighted by atomic mass is 15.2. The van der Waals surface area contributed by atoms with Gasteiger partial charge < -0.3 is 4.90 Å². The molecule has 4 heterocycles. The van der Waals surface area contributed by atoms with Gasteiger partial charge in [0.05, 0.1) is 29.8 Å². The van der Waals surface area contributed by atoms with Crippen LogP contribution < -0.4 is 4.90 Å². The van der Waals surface area contributed by atoms with Gasteiger partial charge in [-0.1, -0.05) is 55.8 Å². The summed E-state index contributed by atoms with van der Waals surface area (Å²) in [5.41, 5.74) is 16.4. The van der Waals surface area contributed by atoms with Gasteiger partial charge in [0.25, 0.3) is 0 Å². The lowest BCUT2D eigenvalue weighted by atomic mass is 9.66. The highest BCUT2D eigenvalue weighted by molar-refractivity contribution is 5.98. The number of hydrogen-bond acceptors (Lipinski definition) is 9. The molecule has 0 N–H and O–H groups in total. The molecule has 0 saturated heterocycles. The average Bonchev–Trinajstić information content (AvgIpc) is 3.16. The van der Waals surface area contributed by atoms with E-state index in [4.69, 9.17) is 9.97 Å². The third-order valence-electron chi connectivity index (χ3n) is 11.4. The third-order valence-corrected chi connectivity index (χ3v) is 11.4. The Bertz CT molecular complexity index is 2620. The smallest absolute Gasteiger partial charge is 0.198 e. The van der Waals surface area contributed by atoms with E-state index in [1.54, 1.807) is 24.8 Å². The maximum Gasteiger partial charge on any atom is 0.198 e. The molecule has 0 radical (unpaired) electrons. The summed E-state index contributed by atoms with van der Waals surface area (Å²) in [7, 11) is 0. The summed E-state index contributed by atoms with van der Waals surface area (Å²) < 4.78 is 0. The minimum atomic E-state index is -0.337. The zero-order valence-corrected chi connectivity index (χ0v) is 31.1. The van der Waals surface area contributed by atoms with Crippen LogP contribution in [-0.4, -0.2) is 45.9 Å². The second kappa shape index (κ2) is 12.4. The first-order valence-corrected chi connectivity index (χ1v) is 17.6. The zero-order valence-electron chi connectivity index (χ0n) is 31.1. The van der Waals surface area contributed by atoms with Crippen molar-refractivity contribution in [3.8, 4) is 11.3 Å². The maximum absolute atomic E-state index is 4.97. The number of nitrogens with zero attached hydrogens (tertiary/aromatic N) is 9. The Morgan fingerprint density at radius 3 is 1.75 bits per heavy atom. The van der Waals surface area contributed by atoms with Crippen molar-refractivity contribution < 1.29 is 0 Å². The van der Waals surface area contributed by atoms with Crippen LogP contribution in [0.2, 0.25) is 0 Å². The highest BCUT2D eigenvalue weighted by Gasteiger charge is 2.44. The van der Waals surface area contributed by atoms with Crippen molar-refractivity contribution in [1.29, 1.82) is 0 Å². The van der Waals surface area contributed by atoms with Gasteiger partial charge in [-0.25, -0.2) is 39.9 Å². The lowest BCUT2D eigenvalue weighted by Gasteiger charge is -2.50. The average molecular weight is 684 g/mol. The summed E-state index contributed by atoms with van der Waals surface area (Å²) in [6.07, 6.45) is 10.3. The van der Waals surface area contributed by atoms with Crippen LogP contribution in [0.1, 0.15) is 62.6 Å². The molecule has 0 spiro atoms. The van der Waals surface area contributed by atoms with Crippen LogP contribution in [0.4, 0.5) is 11.4 Å². The van der Waals surface area contributed by atoms with Crippen LogP contribution in [0.5, 0.6) is 0 Å². The Morgan fingerprint density at radius 2 is 1.12 bits per heavy atom. The maximum atomic E-state index is 4.97. The van der Waals surface area contributed by atoms with Gasteiger partial charge in [-0.3, -0.25) is 0 Å². The van der Waals surface area contributed by atoms with E-state index in [1.807, 2.05) is 12.4 Å². The standard InChI is InChI=1S/C43H41N9/c1-23-26(4)37(27(5)24(2)35(23)32-21-48-39-41(50-32)46-19-17-44-39)52(34-16-12-14-30-13-10-11-15-31(30)34)38-28(6)25(3)36(29(7)43(38,8)9)33-22-49-40-42(51-33)47-20-18-45-40/h10-22,38H,1-9H3. The second-order valence-corrected chi connectivity index (χ2v) is 14.4. The van der Waals surface area contributed by atoms with Crippen LogP contribution >= 0.6 is 0 Å². The van der Waals surface area contributed by atoms with Crippen molar-refractivity contribution in [3.05, 3.63) is 124 Å². The highest BCUT2D eigenvalue weighted by Crippen LogP contribution is 2.53. The van der Waals surface area contributed by atoms with Gasteiger partial charge in [-0.2, -0.15) is 0 Å². The van der Waals surface area contributed by atoms with Crippen molar-refractivity contribution in [2.45, 2.75) is 68.4 Å². The van der Waals surface area contributed by atoms with E-state index >= 15 is 0 Å². The number of hydrogen-bond donors (Lipinski definition) is 0. The van der Waals surface area contributed by atoms with Crippen molar-refractivity contribution in [3.63, 3.8) is 0 Å². The molecule has 0 fully saturated rings. The van der Waals surface area contributed by atoms with Gasteiger partial charge >= 0.3 is 0 Å². The van der Waals surface area contributed by atoms with Crippen molar-refractivity contribution >= 4 is 50.3 Å². The fourth-order valence-electron chi connectivity index (χ4n) is 8.26. The Morgan fingerprint density at radius 1 is 0.577 bits per heavy atom. The van der Waals surface area contributed by atoms with Crippen molar-refractivity contribution in [2.24, 2.45) is 5.41 Å². The first-order chi connectivity index (χ1) is 25.0. The van der Waals surface area contributed by atoms with E-state index < -0.39 is 0 Å². The lowest BCUT2D eigenvalue weighted by Crippen LogP contribution is -2.47. The predicted octanol–water partition coefficient (Wildman–Crippen LogP) is 9.56. The van der Waals surface area contributed by atoms with Crippen LogP contribution in [0.3, 0.4) is 0 Å². The summed E-state index contributed by atoms with van der Waals surface area (Å²) in [4.78, 5) is 39.5. The Balaban J connectivity index is 1.38. The normalized spacial score (nSPS) is 16.0. The van der Waals surface area contributed by atoms with Gasteiger partial charge in [-0.05, 0) is 93.3 Å². The quantitative estimate of drug-likeness (QED) is 0.175. The molecule has 9 heteroatoms. The van der Waals surface area contributed by atoms with E-state index in [9.17, 15) is 0 Å². The Kier molecular flexibility index (Phi) is 7.90. The van der Waals surface area contributed by atoms with Gasteiger partial charge in [0.2, 0.25) is 0 Å². The molecular formula is C43H41N9. The number of aromatic nitrogens is 8. The van der Waals surface area contributed by atoms with Crippen molar-refractivity contribution in [1.82, 2.24) is 39.9 Å². The fourth-order valence-corrected chi connectivity index (χ4v) is 8.26. The third kappa shape index (κ3) is 5.05. The van der Waals surface area contributed by atoms with E-state index in [-0.39, 0.29) is 11.5 Å². The van der Waals surface area contributed by atoms with Crippen LogP contribution in [0.25, 0.3) is 50.2 Å². The molecule has 1 aliphatic rings. The van der Waals surface area contributed by atoms with E-state index in [0.717, 1.165) is 33.7 Å². The number of rotatable bonds is 5. The molecule has 4 aromatic heterocycles. The molecule has 0 amide bonds. The molecule has 0 bridgehead atoms. The number of anilines is 2. The summed E-state index contributed by atoms with van der Waals surface area (Å²) in [6.45, 7) is 20.4. The van der Waals surface area contributed by atoms with Crippen molar-refractivity contribution in [2.75, 3.05) is 4.90 Å². The fraction of sp³-hybridized carbons (Fsp3) is 0.256. The largest absolute Gasteiger partial charge is 0.332 e. The van der Waals surface area contributed by atoms with Gasteiger partial charge in [0, 0.05) is 58.1 Å². The molecule has 52 heavy (non-hydrogen) atoms. The molecule has 0 saturated carbocycles. The number of benzene rings is 3. The first kappa shape index (κ1) is 33.2. The molecule has 3 aromatic carbocycles. The van der Waals surface area contributed by atoms with Crippen LogP contribution in [0.15, 0.2) is 96.4 Å². The summed E-state index contributed by atoms with van der Waals surface area (Å²) in [5.74, 6) is 0. The molecule has 9 nitrogen and oxygen atoms in total. The minimum Gasteiger partial charge on any atom is -0.332 e. The van der Waals surface area contributed by atoms with Gasteiger partial charge in [-0.15, -0.1) is 0 Å². The van der Waals surface area contributed by atoms with E-state index in [0.29, 0.717) is 22.6 Å². The van der Waals surface area contributed by atoms with Gasteiger partial charge in [0.1, 0.15) is 0 Å². The number of allylic oxidation sites excluding steroid dienone is 2. The Hall–Kier alpha value is -5.96. The minimum absolute atomic E-state index is 0.0342. The SMILES string of the molecule is CC1=C(C)C(N(c2c(C)c(C)c(-c3cnc4nccnc4n3)c(C)c2C)c2cccc3ccccc23)C(C)(C)C(C)=C1c1cnc2nccnc2n1. The molecule has 1 aliphatic carbocycles. The monoisotopic (exact) mass is 683 g/mol. The zero-order chi connectivity index (χ0) is 36.5. The predicted molar refractivity (Wildman–Crippen MR) is 209 cm³/mol. The molecule has 1 atom stereocenters. The second-order valence-electron chi connectivity index (χ2n) is 14.4. The lowest BCUT2D eigenvalue weighted by molar-refractivity contribution is 0.373. The first-order valence-electron chi connectivity index (χ1n) is 17.6. The Labute approximate surface area is 303 Å². The summed E-state index contributed by atoms with van der Waals surface area (Å²) >= 11 is 0. The van der Waals surface area contributed by atoms with Gasteiger partial charge in [0.15, 0.2) is 22.6 Å². The molecule has 0 aliphatic heterocycles. The van der Waals surface area contributed by atoms with Crippen LogP contribution in [-0.2, 0) is 0 Å². The molecule has 7 aromatic rings. The summed E-state index contributed by atoms with van der Waals surface area (Å²) in [6, 6.07) is 15.3. The van der Waals surface area contributed by atoms with Crippen LogP contribution in [0, 0.1) is 33.1 Å². The topological polar surface area (TPSA) is 106 Å². The van der Waals surface area contributed by atoms with E-state index in [2.05, 4.69) is 140 Å². The number of fused-ring (bicyclic) bond motifs is 3. The molecular weight excluding hydrogens is 643 g/mol. The molecule has 8 rings (SSSR count). The summed E-state index contributed by atoms with van der Waals surface area (Å²) in [5, 5.41) is 2.40. The molecule has 1 unspecified atom stereocenters. The van der Waals surface area contributed by atoms with E-state index in [1.165, 1.54) is 50.0 Å². The molecule has 258 valence electrons.